The van der Waals surface area contributed by atoms with Crippen LogP contribution in [0.1, 0.15) is 31.4 Å². The molecular formula is C30H26N2O6. The van der Waals surface area contributed by atoms with Crippen molar-refractivity contribution in [2.24, 2.45) is 0 Å². The quantitative estimate of drug-likeness (QED) is 0.156. The van der Waals surface area contributed by atoms with E-state index in [0.717, 1.165) is 16.7 Å². The van der Waals surface area contributed by atoms with Crippen LogP contribution in [0.2, 0.25) is 0 Å². The molecule has 0 bridgehead atoms. The first-order valence-corrected chi connectivity index (χ1v) is 11.8. The second-order valence-corrected chi connectivity index (χ2v) is 9.43. The van der Waals surface area contributed by atoms with Gasteiger partial charge in [-0.1, -0.05) is 56.8 Å². The number of nitro groups is 2. The van der Waals surface area contributed by atoms with Crippen LogP contribution in [0.3, 0.4) is 0 Å². The Hall–Kier alpha value is -4.98. The zero-order valence-electron chi connectivity index (χ0n) is 21.0. The maximum atomic E-state index is 11.0. The van der Waals surface area contributed by atoms with Crippen molar-refractivity contribution in [2.45, 2.75) is 25.7 Å². The van der Waals surface area contributed by atoms with Crippen molar-refractivity contribution in [1.82, 2.24) is 0 Å². The number of hydrogen-bond donors (Lipinski definition) is 0. The molecule has 8 nitrogen and oxygen atoms in total. The molecule has 0 saturated heterocycles. The summed E-state index contributed by atoms with van der Waals surface area (Å²) in [6, 6.07) is 27.2. The van der Waals surface area contributed by atoms with Crippen LogP contribution >= 0.6 is 0 Å². The molecule has 0 unspecified atom stereocenters. The summed E-state index contributed by atoms with van der Waals surface area (Å²) in [5.74, 6) is 1.95. The second-order valence-electron chi connectivity index (χ2n) is 9.43. The summed E-state index contributed by atoms with van der Waals surface area (Å²) in [6.07, 6.45) is 0.698. The lowest BCUT2D eigenvalue weighted by molar-refractivity contribution is -0.385. The molecule has 38 heavy (non-hydrogen) atoms. The average molecular weight is 511 g/mol. The first-order chi connectivity index (χ1) is 18.1. The highest BCUT2D eigenvalue weighted by Crippen LogP contribution is 2.36. The first kappa shape index (κ1) is 26.1. The van der Waals surface area contributed by atoms with Crippen molar-refractivity contribution in [3.63, 3.8) is 0 Å². The summed E-state index contributed by atoms with van der Waals surface area (Å²) >= 11 is 0. The van der Waals surface area contributed by atoms with Gasteiger partial charge in [-0.05, 0) is 64.9 Å². The van der Waals surface area contributed by atoms with E-state index in [1.807, 2.05) is 48.5 Å². The summed E-state index contributed by atoms with van der Waals surface area (Å²) in [5, 5.41) is 22.0. The van der Waals surface area contributed by atoms with Crippen LogP contribution in [-0.2, 0) is 5.41 Å². The van der Waals surface area contributed by atoms with Gasteiger partial charge in [0, 0.05) is 12.1 Å². The Morgan fingerprint density at radius 2 is 1.16 bits per heavy atom. The number of rotatable bonds is 10. The summed E-state index contributed by atoms with van der Waals surface area (Å²) in [6.45, 7) is 8.55. The monoisotopic (exact) mass is 510 g/mol. The Balaban J connectivity index is 1.39. The number of nitrogens with zero attached hydrogens (tertiary/aromatic N) is 2. The van der Waals surface area contributed by atoms with Gasteiger partial charge in [0.25, 0.3) is 11.4 Å². The van der Waals surface area contributed by atoms with E-state index >= 15 is 0 Å². The molecule has 0 fully saturated rings. The van der Waals surface area contributed by atoms with Gasteiger partial charge in [-0.15, -0.1) is 0 Å². The number of benzene rings is 4. The zero-order chi connectivity index (χ0) is 27.3. The molecule has 4 rings (SSSR count). The Morgan fingerprint density at radius 1 is 0.711 bits per heavy atom. The lowest BCUT2D eigenvalue weighted by atomic mass is 9.78. The second kappa shape index (κ2) is 11.0. The van der Waals surface area contributed by atoms with Gasteiger partial charge in [-0.2, -0.15) is 0 Å². The minimum absolute atomic E-state index is 0.0256. The average Bonchev–Trinajstić information content (AvgIpc) is 2.89. The van der Waals surface area contributed by atoms with Gasteiger partial charge in [0.15, 0.2) is 0 Å². The summed E-state index contributed by atoms with van der Waals surface area (Å²) in [4.78, 5) is 21.1. The Kier molecular flexibility index (Phi) is 7.53. The largest absolute Gasteiger partial charge is 0.457 e. The maximum absolute atomic E-state index is 11.0. The number of allylic oxidation sites excluding steroid dienone is 1. The molecule has 0 heterocycles. The topological polar surface area (TPSA) is 105 Å². The first-order valence-electron chi connectivity index (χ1n) is 11.8. The van der Waals surface area contributed by atoms with Crippen molar-refractivity contribution in [1.29, 1.82) is 0 Å². The zero-order valence-corrected chi connectivity index (χ0v) is 21.0. The van der Waals surface area contributed by atoms with Crippen LogP contribution in [-0.4, -0.2) is 9.85 Å². The number of nitro benzene ring substituents is 2. The van der Waals surface area contributed by atoms with Crippen molar-refractivity contribution >= 4 is 16.9 Å². The van der Waals surface area contributed by atoms with Gasteiger partial charge < -0.3 is 9.47 Å². The summed E-state index contributed by atoms with van der Waals surface area (Å²) in [5.41, 5.74) is 2.74. The Labute approximate surface area is 220 Å². The van der Waals surface area contributed by atoms with Gasteiger partial charge in [0.2, 0.25) is 0 Å². The fraction of sp³-hybridized carbons (Fsp3) is 0.133. The molecule has 0 radical (unpaired) electrons. The SMILES string of the molecule is C=C(CC(C)(C)c1ccc(Oc2cccc([N+](=O)[O-])c2)cc1)c1ccc(Oc2cccc([N+](=O)[O-])c2)cc1. The Bertz CT molecular complexity index is 1480. The van der Waals surface area contributed by atoms with Crippen molar-refractivity contribution in [3.8, 4) is 23.0 Å². The van der Waals surface area contributed by atoms with Crippen LogP contribution < -0.4 is 9.47 Å². The van der Waals surface area contributed by atoms with Crippen LogP contribution in [0.4, 0.5) is 11.4 Å². The number of hydrogen-bond acceptors (Lipinski definition) is 6. The van der Waals surface area contributed by atoms with E-state index in [-0.39, 0.29) is 16.8 Å². The molecule has 4 aromatic carbocycles. The van der Waals surface area contributed by atoms with Crippen LogP contribution in [0.15, 0.2) is 104 Å². The van der Waals surface area contributed by atoms with Gasteiger partial charge in [-0.3, -0.25) is 20.2 Å². The van der Waals surface area contributed by atoms with E-state index in [4.69, 9.17) is 9.47 Å². The third-order valence-corrected chi connectivity index (χ3v) is 6.08. The molecule has 192 valence electrons. The molecule has 0 aromatic heterocycles. The van der Waals surface area contributed by atoms with E-state index in [1.54, 1.807) is 24.3 Å². The minimum atomic E-state index is -0.459. The number of ether oxygens (including phenoxy) is 2. The van der Waals surface area contributed by atoms with Crippen LogP contribution in [0.5, 0.6) is 23.0 Å². The smallest absolute Gasteiger partial charge is 0.273 e. The third kappa shape index (κ3) is 6.41. The minimum Gasteiger partial charge on any atom is -0.457 e. The van der Waals surface area contributed by atoms with Crippen LogP contribution in [0, 0.1) is 20.2 Å². The van der Waals surface area contributed by atoms with Gasteiger partial charge >= 0.3 is 0 Å². The molecule has 4 aromatic rings. The third-order valence-electron chi connectivity index (χ3n) is 6.08. The standard InChI is InChI=1S/C30H26N2O6/c1-21(22-10-14-26(15-11-22)37-28-8-4-6-24(18-28)31(33)34)20-30(2,3)23-12-16-27(17-13-23)38-29-9-5-7-25(19-29)32(35)36/h4-19H,1,20H2,2-3H3. The molecule has 0 N–H and O–H groups in total. The molecule has 8 heteroatoms. The summed E-state index contributed by atoms with van der Waals surface area (Å²) in [7, 11) is 0. The van der Waals surface area contributed by atoms with Crippen molar-refractivity contribution in [3.05, 3.63) is 135 Å². The highest BCUT2D eigenvalue weighted by Gasteiger charge is 2.22. The molecule has 0 spiro atoms. The Morgan fingerprint density at radius 3 is 1.61 bits per heavy atom. The van der Waals surface area contributed by atoms with E-state index < -0.39 is 9.85 Å². The molecular weight excluding hydrogens is 484 g/mol. The maximum Gasteiger partial charge on any atom is 0.273 e. The highest BCUT2D eigenvalue weighted by atomic mass is 16.6. The summed E-state index contributed by atoms with van der Waals surface area (Å²) < 4.78 is 11.6. The predicted octanol–water partition coefficient (Wildman–Crippen LogP) is 8.47. The fourth-order valence-electron chi connectivity index (χ4n) is 4.06. The molecule has 0 aliphatic heterocycles. The van der Waals surface area contributed by atoms with Gasteiger partial charge in [-0.25, -0.2) is 0 Å². The highest BCUT2D eigenvalue weighted by molar-refractivity contribution is 5.65. The molecule has 0 amide bonds. The number of non-ortho nitro benzene ring substituents is 2. The van der Waals surface area contributed by atoms with E-state index in [1.165, 1.54) is 24.3 Å². The van der Waals surface area contributed by atoms with Gasteiger partial charge in [0.05, 0.1) is 22.0 Å². The van der Waals surface area contributed by atoms with Crippen LogP contribution in [0.25, 0.3) is 5.57 Å². The van der Waals surface area contributed by atoms with E-state index in [9.17, 15) is 20.2 Å². The normalized spacial score (nSPS) is 11.0. The molecule has 0 aliphatic rings. The lowest BCUT2D eigenvalue weighted by Crippen LogP contribution is -2.17. The molecule has 0 saturated carbocycles. The van der Waals surface area contributed by atoms with Crippen molar-refractivity contribution < 1.29 is 19.3 Å². The molecule has 0 aliphatic carbocycles. The van der Waals surface area contributed by atoms with Crippen molar-refractivity contribution in [2.75, 3.05) is 0 Å². The predicted molar refractivity (Wildman–Crippen MR) is 146 cm³/mol. The van der Waals surface area contributed by atoms with E-state index in [2.05, 4.69) is 20.4 Å². The lowest BCUT2D eigenvalue weighted by Gasteiger charge is -2.27. The van der Waals surface area contributed by atoms with Gasteiger partial charge in [0.1, 0.15) is 23.0 Å². The fourth-order valence-corrected chi connectivity index (χ4v) is 4.06. The van der Waals surface area contributed by atoms with E-state index in [0.29, 0.717) is 29.4 Å². The molecule has 0 atom stereocenters.